The molecule has 0 N–H and O–H groups in total. The molecule has 6 nitrogen and oxygen atoms in total. The maximum Gasteiger partial charge on any atom is 0.279 e. The number of benzene rings is 4. The Labute approximate surface area is 252 Å². The second kappa shape index (κ2) is 12.0. The van der Waals surface area contributed by atoms with Gasteiger partial charge in [-0.15, -0.1) is 0 Å². The van der Waals surface area contributed by atoms with E-state index >= 15 is 0 Å². The van der Waals surface area contributed by atoms with E-state index in [9.17, 15) is 9.59 Å². The van der Waals surface area contributed by atoms with Gasteiger partial charge in [-0.05, 0) is 11.1 Å². The van der Waals surface area contributed by atoms with Crippen LogP contribution < -0.4 is 11.1 Å². The van der Waals surface area contributed by atoms with Gasteiger partial charge in [-0.3, -0.25) is 18.7 Å². The Morgan fingerprint density at radius 2 is 0.786 bits per heavy atom. The lowest BCUT2D eigenvalue weighted by Gasteiger charge is -2.18. The Hall–Kier alpha value is -4.78. The van der Waals surface area contributed by atoms with Crippen LogP contribution in [-0.4, -0.2) is 19.1 Å². The largest absolute Gasteiger partial charge is 0.299 e. The van der Waals surface area contributed by atoms with Gasteiger partial charge < -0.3 is 0 Å². The second-order valence-electron chi connectivity index (χ2n) is 9.69. The Morgan fingerprint density at radius 3 is 1.12 bits per heavy atom. The van der Waals surface area contributed by atoms with E-state index in [0.29, 0.717) is 11.4 Å². The van der Waals surface area contributed by atoms with Crippen LogP contribution in [0.15, 0.2) is 131 Å². The molecule has 0 unspecified atom stereocenters. The predicted octanol–water partition coefficient (Wildman–Crippen LogP) is 7.20. The SMILES string of the molecule is O=c1c(-c2nc(Cl)c(-c3ccccc3)n(Cc3ccccc3)c2=O)nc(Cl)c(-c2ccccc2)n1Cc1ccccc1. The number of rotatable bonds is 7. The standard InChI is InChI=1S/C34H24Cl2N4O2/c35-31-29(25-17-9-3-10-18-25)39(21-23-13-5-1-6-14-23)33(41)27(37-31)28-34(42)40(22-24-15-7-2-8-16-24)30(32(36)38-28)26-19-11-4-12-20-26/h1-20H,21-22H2. The Bertz CT molecular complexity index is 1830. The molecular formula is C34H24Cl2N4O2. The van der Waals surface area contributed by atoms with E-state index in [1.54, 1.807) is 0 Å². The molecule has 0 saturated carbocycles. The molecule has 42 heavy (non-hydrogen) atoms. The molecule has 0 fully saturated rings. The second-order valence-corrected chi connectivity index (χ2v) is 10.4. The molecule has 206 valence electrons. The zero-order valence-electron chi connectivity index (χ0n) is 22.3. The van der Waals surface area contributed by atoms with Gasteiger partial charge in [0.25, 0.3) is 11.1 Å². The molecule has 2 aromatic heterocycles. The highest BCUT2D eigenvalue weighted by molar-refractivity contribution is 6.32. The van der Waals surface area contributed by atoms with E-state index in [4.69, 9.17) is 23.2 Å². The average molecular weight is 591 g/mol. The Morgan fingerprint density at radius 1 is 0.476 bits per heavy atom. The third-order valence-electron chi connectivity index (χ3n) is 6.93. The lowest BCUT2D eigenvalue weighted by molar-refractivity contribution is 0.746. The summed E-state index contributed by atoms with van der Waals surface area (Å²) in [6.45, 7) is 0.431. The van der Waals surface area contributed by atoms with Crippen LogP contribution in [-0.2, 0) is 13.1 Å². The van der Waals surface area contributed by atoms with Gasteiger partial charge in [-0.25, -0.2) is 9.97 Å². The summed E-state index contributed by atoms with van der Waals surface area (Å²) < 4.78 is 3.08. The summed E-state index contributed by atoms with van der Waals surface area (Å²) in [4.78, 5) is 37.4. The van der Waals surface area contributed by atoms with Crippen LogP contribution in [0.25, 0.3) is 33.9 Å². The third kappa shape index (κ3) is 5.42. The molecule has 0 spiro atoms. The molecule has 0 aliphatic rings. The van der Waals surface area contributed by atoms with Crippen LogP contribution in [0, 0.1) is 0 Å². The van der Waals surface area contributed by atoms with Crippen molar-refractivity contribution in [3.8, 4) is 33.9 Å². The highest BCUT2D eigenvalue weighted by atomic mass is 35.5. The highest BCUT2D eigenvalue weighted by Crippen LogP contribution is 2.30. The maximum absolute atomic E-state index is 14.2. The van der Waals surface area contributed by atoms with Crippen LogP contribution in [0.4, 0.5) is 0 Å². The van der Waals surface area contributed by atoms with Gasteiger partial charge in [0.2, 0.25) is 0 Å². The number of hydrogen-bond acceptors (Lipinski definition) is 4. The minimum atomic E-state index is -0.499. The average Bonchev–Trinajstić information content (AvgIpc) is 3.02. The van der Waals surface area contributed by atoms with Gasteiger partial charge in [0.1, 0.15) is 0 Å². The number of halogens is 2. The molecule has 0 radical (unpaired) electrons. The first-order valence-electron chi connectivity index (χ1n) is 13.3. The molecule has 2 heterocycles. The lowest BCUT2D eigenvalue weighted by Crippen LogP contribution is -2.31. The van der Waals surface area contributed by atoms with Gasteiger partial charge in [0.15, 0.2) is 21.7 Å². The van der Waals surface area contributed by atoms with Crippen molar-refractivity contribution in [1.29, 1.82) is 0 Å². The first kappa shape index (κ1) is 27.4. The summed E-state index contributed by atoms with van der Waals surface area (Å²) in [7, 11) is 0. The van der Waals surface area contributed by atoms with Gasteiger partial charge in [0, 0.05) is 11.1 Å². The van der Waals surface area contributed by atoms with Crippen molar-refractivity contribution in [2.45, 2.75) is 13.1 Å². The number of hydrogen-bond donors (Lipinski definition) is 0. The summed E-state index contributed by atoms with van der Waals surface area (Å²) in [5, 5.41) is 0.150. The molecule has 0 atom stereocenters. The molecule has 6 aromatic rings. The summed E-state index contributed by atoms with van der Waals surface area (Å²) in [6, 6.07) is 37.8. The molecule has 0 bridgehead atoms. The van der Waals surface area contributed by atoms with Crippen LogP contribution in [0.1, 0.15) is 11.1 Å². The van der Waals surface area contributed by atoms with Crippen molar-refractivity contribution < 1.29 is 0 Å². The van der Waals surface area contributed by atoms with E-state index < -0.39 is 11.1 Å². The van der Waals surface area contributed by atoms with Crippen LogP contribution >= 0.6 is 23.2 Å². The number of aromatic nitrogens is 4. The lowest BCUT2D eigenvalue weighted by atomic mass is 10.1. The van der Waals surface area contributed by atoms with Crippen molar-refractivity contribution in [2.24, 2.45) is 0 Å². The maximum atomic E-state index is 14.2. The molecule has 0 aliphatic carbocycles. The van der Waals surface area contributed by atoms with Crippen molar-refractivity contribution in [3.05, 3.63) is 163 Å². The van der Waals surface area contributed by atoms with E-state index in [2.05, 4.69) is 9.97 Å². The van der Waals surface area contributed by atoms with Crippen LogP contribution in [0.5, 0.6) is 0 Å². The minimum Gasteiger partial charge on any atom is -0.299 e. The molecule has 0 amide bonds. The molecule has 6 rings (SSSR count). The topological polar surface area (TPSA) is 69.8 Å². The Balaban J connectivity index is 1.61. The van der Waals surface area contributed by atoms with Gasteiger partial charge in [-0.1, -0.05) is 145 Å². The molecule has 8 heteroatoms. The fraction of sp³-hybridized carbons (Fsp3) is 0.0588. The highest BCUT2D eigenvalue weighted by Gasteiger charge is 2.25. The summed E-state index contributed by atoms with van der Waals surface area (Å²) in [6.07, 6.45) is 0. The Kier molecular flexibility index (Phi) is 7.82. The van der Waals surface area contributed by atoms with E-state index in [1.165, 1.54) is 9.13 Å². The normalized spacial score (nSPS) is 11.0. The van der Waals surface area contributed by atoms with E-state index in [0.717, 1.165) is 22.3 Å². The van der Waals surface area contributed by atoms with E-state index in [1.807, 2.05) is 121 Å². The molecule has 0 saturated heterocycles. The minimum absolute atomic E-state index is 0.0748. The third-order valence-corrected chi connectivity index (χ3v) is 7.46. The quantitative estimate of drug-likeness (QED) is 0.197. The number of nitrogens with zero attached hydrogens (tertiary/aromatic N) is 4. The van der Waals surface area contributed by atoms with Crippen LogP contribution in [0.2, 0.25) is 10.3 Å². The van der Waals surface area contributed by atoms with Crippen molar-refractivity contribution in [2.75, 3.05) is 0 Å². The van der Waals surface area contributed by atoms with Crippen molar-refractivity contribution in [3.63, 3.8) is 0 Å². The molecule has 4 aromatic carbocycles. The van der Waals surface area contributed by atoms with Crippen LogP contribution in [0.3, 0.4) is 0 Å². The fourth-order valence-electron chi connectivity index (χ4n) is 4.96. The zero-order valence-corrected chi connectivity index (χ0v) is 23.8. The predicted molar refractivity (Wildman–Crippen MR) is 168 cm³/mol. The molecule has 0 aliphatic heterocycles. The van der Waals surface area contributed by atoms with Gasteiger partial charge in [-0.2, -0.15) is 0 Å². The van der Waals surface area contributed by atoms with Crippen molar-refractivity contribution >= 4 is 23.2 Å². The fourth-order valence-corrected chi connectivity index (χ4v) is 5.55. The zero-order chi connectivity index (χ0) is 29.1. The first-order valence-corrected chi connectivity index (χ1v) is 14.1. The van der Waals surface area contributed by atoms with E-state index in [-0.39, 0.29) is 34.8 Å². The smallest absolute Gasteiger partial charge is 0.279 e. The summed E-state index contributed by atoms with van der Waals surface area (Å²) >= 11 is 13.6. The van der Waals surface area contributed by atoms with Gasteiger partial charge >= 0.3 is 0 Å². The molecular weight excluding hydrogens is 567 g/mol. The monoisotopic (exact) mass is 590 g/mol. The van der Waals surface area contributed by atoms with Crippen molar-refractivity contribution in [1.82, 2.24) is 19.1 Å². The summed E-state index contributed by atoms with van der Waals surface area (Å²) in [5.74, 6) is 0. The summed E-state index contributed by atoms with van der Waals surface area (Å²) in [5.41, 5.74) is 2.80. The van der Waals surface area contributed by atoms with Gasteiger partial charge in [0.05, 0.1) is 24.5 Å². The first-order chi connectivity index (χ1) is 20.5.